The van der Waals surface area contributed by atoms with Gasteiger partial charge in [0.25, 0.3) is 0 Å². The van der Waals surface area contributed by atoms with E-state index in [9.17, 15) is 14.0 Å². The molecule has 0 saturated heterocycles. The predicted molar refractivity (Wildman–Crippen MR) is 103 cm³/mol. The second kappa shape index (κ2) is 9.34. The maximum absolute atomic E-state index is 13.4. The molecular formula is C20H25FN4O3. The molecule has 7 nitrogen and oxygen atoms in total. The van der Waals surface area contributed by atoms with E-state index >= 15 is 0 Å². The molecular weight excluding hydrogens is 363 g/mol. The van der Waals surface area contributed by atoms with Gasteiger partial charge in [0, 0.05) is 18.3 Å². The predicted octanol–water partition coefficient (Wildman–Crippen LogP) is 4.18. The van der Waals surface area contributed by atoms with Gasteiger partial charge in [0.2, 0.25) is 5.91 Å². The van der Waals surface area contributed by atoms with E-state index < -0.39 is 11.8 Å². The number of halogens is 1. The molecule has 2 aromatic rings. The number of hydrogen-bond acceptors (Lipinski definition) is 4. The Balaban J connectivity index is 1.66. The number of amides is 3. The van der Waals surface area contributed by atoms with Gasteiger partial charge in [0.05, 0.1) is 0 Å². The van der Waals surface area contributed by atoms with Crippen molar-refractivity contribution in [2.45, 2.75) is 39.0 Å². The molecule has 1 fully saturated rings. The first kappa shape index (κ1) is 19.9. The fourth-order valence-electron chi connectivity index (χ4n) is 3.45. The van der Waals surface area contributed by atoms with E-state index in [0.717, 1.165) is 25.7 Å². The summed E-state index contributed by atoms with van der Waals surface area (Å²) in [5.74, 6) is 0.451. The SMILES string of the molecule is Cc1cc(NC(=O)CN(CC2CCCCC2)C(=O)Nc2cccc(F)c2)no1. The Kier molecular flexibility index (Phi) is 6.62. The lowest BCUT2D eigenvalue weighted by Crippen LogP contribution is -2.43. The molecule has 150 valence electrons. The minimum Gasteiger partial charge on any atom is -0.360 e. The van der Waals surface area contributed by atoms with Gasteiger partial charge in [-0.05, 0) is 43.9 Å². The zero-order valence-corrected chi connectivity index (χ0v) is 15.9. The maximum atomic E-state index is 13.4. The molecule has 1 aromatic carbocycles. The number of anilines is 2. The maximum Gasteiger partial charge on any atom is 0.322 e. The topological polar surface area (TPSA) is 87.5 Å². The van der Waals surface area contributed by atoms with Gasteiger partial charge < -0.3 is 20.1 Å². The molecule has 3 amide bonds. The summed E-state index contributed by atoms with van der Waals surface area (Å²) in [4.78, 5) is 26.7. The van der Waals surface area contributed by atoms with Gasteiger partial charge in [-0.2, -0.15) is 0 Å². The number of aromatic nitrogens is 1. The van der Waals surface area contributed by atoms with E-state index in [0.29, 0.717) is 29.7 Å². The number of carbonyl (C=O) groups is 2. The minimum atomic E-state index is -0.434. The van der Waals surface area contributed by atoms with E-state index in [1.165, 1.54) is 29.5 Å². The van der Waals surface area contributed by atoms with Crippen molar-refractivity contribution >= 4 is 23.4 Å². The van der Waals surface area contributed by atoms with E-state index in [1.807, 2.05) is 0 Å². The molecule has 0 aliphatic heterocycles. The lowest BCUT2D eigenvalue weighted by molar-refractivity contribution is -0.116. The van der Waals surface area contributed by atoms with Crippen molar-refractivity contribution in [1.29, 1.82) is 0 Å². The average molecular weight is 388 g/mol. The molecule has 0 bridgehead atoms. The first-order valence-electron chi connectivity index (χ1n) is 9.54. The summed E-state index contributed by atoms with van der Waals surface area (Å²) in [6.07, 6.45) is 5.54. The first-order chi connectivity index (χ1) is 13.5. The summed E-state index contributed by atoms with van der Waals surface area (Å²) in [5.41, 5.74) is 0.353. The molecule has 3 rings (SSSR count). The van der Waals surface area contributed by atoms with Crippen LogP contribution in [0.4, 0.5) is 20.7 Å². The Morgan fingerprint density at radius 1 is 1.21 bits per heavy atom. The quantitative estimate of drug-likeness (QED) is 0.777. The van der Waals surface area contributed by atoms with Gasteiger partial charge >= 0.3 is 6.03 Å². The molecule has 0 unspecified atom stereocenters. The second-order valence-corrected chi connectivity index (χ2v) is 7.20. The molecule has 8 heteroatoms. The van der Waals surface area contributed by atoms with Crippen LogP contribution in [0.25, 0.3) is 0 Å². The number of nitrogens with one attached hydrogen (secondary N) is 2. The van der Waals surface area contributed by atoms with Crippen LogP contribution in [-0.4, -0.2) is 35.1 Å². The summed E-state index contributed by atoms with van der Waals surface area (Å²) in [6.45, 7) is 2.08. The third kappa shape index (κ3) is 5.80. The summed E-state index contributed by atoms with van der Waals surface area (Å²) < 4.78 is 18.3. The van der Waals surface area contributed by atoms with Crippen LogP contribution in [0, 0.1) is 18.7 Å². The van der Waals surface area contributed by atoms with Gasteiger partial charge in [0.1, 0.15) is 18.1 Å². The highest BCUT2D eigenvalue weighted by Crippen LogP contribution is 2.25. The lowest BCUT2D eigenvalue weighted by atomic mass is 9.89. The Bertz CT molecular complexity index is 817. The normalized spacial score (nSPS) is 14.5. The van der Waals surface area contributed by atoms with Crippen LogP contribution in [0.1, 0.15) is 37.9 Å². The largest absolute Gasteiger partial charge is 0.360 e. The Morgan fingerprint density at radius 3 is 2.68 bits per heavy atom. The number of carbonyl (C=O) groups excluding carboxylic acids is 2. The van der Waals surface area contributed by atoms with Gasteiger partial charge in [-0.1, -0.05) is 30.5 Å². The smallest absolute Gasteiger partial charge is 0.322 e. The van der Waals surface area contributed by atoms with Crippen molar-refractivity contribution in [3.05, 3.63) is 41.9 Å². The Morgan fingerprint density at radius 2 is 2.00 bits per heavy atom. The van der Waals surface area contributed by atoms with Crippen molar-refractivity contribution in [2.75, 3.05) is 23.7 Å². The van der Waals surface area contributed by atoms with Crippen LogP contribution in [0.3, 0.4) is 0 Å². The van der Waals surface area contributed by atoms with Crippen LogP contribution >= 0.6 is 0 Å². The van der Waals surface area contributed by atoms with Crippen LogP contribution in [-0.2, 0) is 4.79 Å². The van der Waals surface area contributed by atoms with Crippen LogP contribution in [0.2, 0.25) is 0 Å². The molecule has 1 heterocycles. The number of benzene rings is 1. The van der Waals surface area contributed by atoms with Crippen LogP contribution in [0.15, 0.2) is 34.9 Å². The van der Waals surface area contributed by atoms with Crippen LogP contribution < -0.4 is 10.6 Å². The fourth-order valence-corrected chi connectivity index (χ4v) is 3.45. The summed E-state index contributed by atoms with van der Waals surface area (Å²) in [5, 5.41) is 9.04. The standard InChI is InChI=1S/C20H25FN4O3/c1-14-10-18(24-28-14)23-19(26)13-25(12-15-6-3-2-4-7-15)20(27)22-17-9-5-8-16(21)11-17/h5,8-11,15H,2-4,6-7,12-13H2,1H3,(H,22,27)(H,23,24,26). The number of aryl methyl sites for hydroxylation is 1. The van der Waals surface area contributed by atoms with Crippen molar-refractivity contribution in [3.63, 3.8) is 0 Å². The highest BCUT2D eigenvalue weighted by atomic mass is 19.1. The Labute approximate surface area is 163 Å². The molecule has 0 atom stereocenters. The third-order valence-electron chi connectivity index (χ3n) is 4.80. The van der Waals surface area contributed by atoms with E-state index in [4.69, 9.17) is 4.52 Å². The molecule has 0 radical (unpaired) electrons. The van der Waals surface area contributed by atoms with Crippen molar-refractivity contribution in [3.8, 4) is 0 Å². The first-order valence-corrected chi connectivity index (χ1v) is 9.54. The zero-order valence-electron chi connectivity index (χ0n) is 15.9. The molecule has 1 saturated carbocycles. The van der Waals surface area contributed by atoms with Crippen molar-refractivity contribution in [2.24, 2.45) is 5.92 Å². The summed E-state index contributed by atoms with van der Waals surface area (Å²) in [6, 6.07) is 6.87. The molecule has 28 heavy (non-hydrogen) atoms. The van der Waals surface area contributed by atoms with Crippen molar-refractivity contribution in [1.82, 2.24) is 10.1 Å². The van der Waals surface area contributed by atoms with Gasteiger partial charge in [-0.3, -0.25) is 4.79 Å². The number of nitrogens with zero attached hydrogens (tertiary/aromatic N) is 2. The second-order valence-electron chi connectivity index (χ2n) is 7.20. The fraction of sp³-hybridized carbons (Fsp3) is 0.450. The number of urea groups is 1. The third-order valence-corrected chi connectivity index (χ3v) is 4.80. The molecule has 2 N–H and O–H groups in total. The van der Waals surface area contributed by atoms with Gasteiger partial charge in [-0.25, -0.2) is 9.18 Å². The van der Waals surface area contributed by atoms with Gasteiger partial charge in [0.15, 0.2) is 5.82 Å². The van der Waals surface area contributed by atoms with Gasteiger partial charge in [-0.15, -0.1) is 0 Å². The Hall–Kier alpha value is -2.90. The highest BCUT2D eigenvalue weighted by molar-refractivity contribution is 5.96. The molecule has 1 aromatic heterocycles. The monoisotopic (exact) mass is 388 g/mol. The zero-order chi connectivity index (χ0) is 19.9. The summed E-state index contributed by atoms with van der Waals surface area (Å²) >= 11 is 0. The van der Waals surface area contributed by atoms with E-state index in [2.05, 4.69) is 15.8 Å². The van der Waals surface area contributed by atoms with Crippen molar-refractivity contribution < 1.29 is 18.5 Å². The summed E-state index contributed by atoms with van der Waals surface area (Å²) in [7, 11) is 0. The van der Waals surface area contributed by atoms with E-state index in [-0.39, 0.29) is 12.5 Å². The lowest BCUT2D eigenvalue weighted by Gasteiger charge is -2.29. The molecule has 1 aliphatic rings. The van der Waals surface area contributed by atoms with E-state index in [1.54, 1.807) is 19.1 Å². The molecule has 0 spiro atoms. The number of rotatable bonds is 6. The van der Waals surface area contributed by atoms with Crippen LogP contribution in [0.5, 0.6) is 0 Å². The average Bonchev–Trinajstić information content (AvgIpc) is 3.06. The number of hydrogen-bond donors (Lipinski definition) is 2. The molecule has 1 aliphatic carbocycles. The highest BCUT2D eigenvalue weighted by Gasteiger charge is 2.23. The minimum absolute atomic E-state index is 0.121.